The Bertz CT molecular complexity index is 925. The molecule has 0 aliphatic carbocycles. The van der Waals surface area contributed by atoms with Gasteiger partial charge in [-0.1, -0.05) is 17.7 Å². The number of nitrogens with zero attached hydrogens (tertiary/aromatic N) is 5. The van der Waals surface area contributed by atoms with Crippen molar-refractivity contribution in [2.24, 2.45) is 0 Å². The highest BCUT2D eigenvalue weighted by Crippen LogP contribution is 2.18. The first-order valence-electron chi connectivity index (χ1n) is 9.00. The largest absolute Gasteiger partial charge is 0.353 e. The second-order valence-electron chi connectivity index (χ2n) is 6.40. The number of hydrogen-bond acceptors (Lipinski definition) is 6. The van der Waals surface area contributed by atoms with Gasteiger partial charge in [-0.25, -0.2) is 4.98 Å². The molecule has 1 N–H and O–H groups in total. The number of nitrogens with one attached hydrogen (secondary N) is 1. The maximum atomic E-state index is 12.7. The predicted molar refractivity (Wildman–Crippen MR) is 109 cm³/mol. The highest BCUT2D eigenvalue weighted by atomic mass is 35.5. The van der Waals surface area contributed by atoms with Gasteiger partial charge in [-0.3, -0.25) is 4.79 Å². The van der Waals surface area contributed by atoms with Crippen LogP contribution in [-0.4, -0.2) is 52.2 Å². The van der Waals surface area contributed by atoms with Gasteiger partial charge in [0.15, 0.2) is 11.5 Å². The summed E-state index contributed by atoms with van der Waals surface area (Å²) in [6, 6.07) is 16.6. The average Bonchev–Trinajstić information content (AvgIpc) is 2.76. The molecule has 1 fully saturated rings. The van der Waals surface area contributed by atoms with Crippen LogP contribution < -0.4 is 10.2 Å². The number of halogens is 1. The van der Waals surface area contributed by atoms with E-state index in [0.29, 0.717) is 29.6 Å². The zero-order chi connectivity index (χ0) is 19.3. The summed E-state index contributed by atoms with van der Waals surface area (Å²) in [5.74, 6) is 1.40. The quantitative estimate of drug-likeness (QED) is 0.732. The van der Waals surface area contributed by atoms with Gasteiger partial charge in [0.05, 0.1) is 0 Å². The number of pyridine rings is 1. The number of anilines is 3. The van der Waals surface area contributed by atoms with Gasteiger partial charge in [0, 0.05) is 43.1 Å². The van der Waals surface area contributed by atoms with Crippen LogP contribution in [0.15, 0.2) is 60.8 Å². The second-order valence-corrected chi connectivity index (χ2v) is 6.84. The molecule has 3 aromatic rings. The van der Waals surface area contributed by atoms with Gasteiger partial charge >= 0.3 is 0 Å². The number of hydrogen-bond donors (Lipinski definition) is 1. The van der Waals surface area contributed by atoms with Crippen molar-refractivity contribution in [3.8, 4) is 0 Å². The predicted octanol–water partition coefficient (Wildman–Crippen LogP) is 3.23. The lowest BCUT2D eigenvalue weighted by Gasteiger charge is -2.35. The standard InChI is InChI=1S/C20H19ClN6O/c21-15-4-6-16(7-5-15)23-18-9-8-17(24-25-18)20(28)27-13-11-26(12-14-27)19-3-1-2-10-22-19/h1-10H,11-14H2,(H,23,25). The van der Waals surface area contributed by atoms with Crippen LogP contribution >= 0.6 is 11.6 Å². The Morgan fingerprint density at radius 1 is 0.929 bits per heavy atom. The first-order valence-corrected chi connectivity index (χ1v) is 9.38. The smallest absolute Gasteiger partial charge is 0.274 e. The van der Waals surface area contributed by atoms with Gasteiger partial charge in [0.1, 0.15) is 5.82 Å². The van der Waals surface area contributed by atoms with Crippen molar-refractivity contribution in [2.75, 3.05) is 36.4 Å². The van der Waals surface area contributed by atoms with Gasteiger partial charge in [-0.15, -0.1) is 10.2 Å². The Labute approximate surface area is 168 Å². The van der Waals surface area contributed by atoms with E-state index in [1.165, 1.54) is 0 Å². The molecular formula is C20H19ClN6O. The molecule has 7 nitrogen and oxygen atoms in total. The molecule has 0 bridgehead atoms. The Morgan fingerprint density at radius 3 is 2.36 bits per heavy atom. The van der Waals surface area contributed by atoms with Gasteiger partial charge in [-0.05, 0) is 48.5 Å². The number of rotatable bonds is 4. The molecule has 4 rings (SSSR count). The van der Waals surface area contributed by atoms with Crippen molar-refractivity contribution in [1.29, 1.82) is 0 Å². The van der Waals surface area contributed by atoms with E-state index >= 15 is 0 Å². The second kappa shape index (κ2) is 8.22. The molecule has 2 aromatic heterocycles. The van der Waals surface area contributed by atoms with Crippen LogP contribution in [-0.2, 0) is 0 Å². The minimum Gasteiger partial charge on any atom is -0.353 e. The zero-order valence-electron chi connectivity index (χ0n) is 15.1. The number of carbonyl (C=O) groups excluding carboxylic acids is 1. The summed E-state index contributed by atoms with van der Waals surface area (Å²) < 4.78 is 0. The summed E-state index contributed by atoms with van der Waals surface area (Å²) in [5, 5.41) is 12.0. The number of aromatic nitrogens is 3. The first kappa shape index (κ1) is 18.2. The lowest BCUT2D eigenvalue weighted by atomic mass is 10.2. The van der Waals surface area contributed by atoms with Crippen LogP contribution in [0.2, 0.25) is 5.02 Å². The van der Waals surface area contributed by atoms with Gasteiger partial charge in [-0.2, -0.15) is 0 Å². The summed E-state index contributed by atoms with van der Waals surface area (Å²) in [5.41, 5.74) is 1.19. The normalized spacial score (nSPS) is 14.0. The maximum Gasteiger partial charge on any atom is 0.274 e. The molecule has 0 spiro atoms. The fourth-order valence-corrected chi connectivity index (χ4v) is 3.16. The van der Waals surface area contributed by atoms with E-state index in [1.807, 2.05) is 30.3 Å². The summed E-state index contributed by atoms with van der Waals surface area (Å²) in [6.07, 6.45) is 1.78. The van der Waals surface area contributed by atoms with Crippen LogP contribution in [0, 0.1) is 0 Å². The molecule has 0 radical (unpaired) electrons. The lowest BCUT2D eigenvalue weighted by molar-refractivity contribution is 0.0739. The molecule has 1 aliphatic rings. The molecule has 0 atom stereocenters. The maximum absolute atomic E-state index is 12.7. The molecular weight excluding hydrogens is 376 g/mol. The third-order valence-corrected chi connectivity index (χ3v) is 4.79. The number of carbonyl (C=O) groups is 1. The lowest BCUT2D eigenvalue weighted by Crippen LogP contribution is -2.49. The van der Waals surface area contributed by atoms with Crippen LogP contribution in [0.4, 0.5) is 17.3 Å². The molecule has 1 amide bonds. The van der Waals surface area contributed by atoms with Crippen molar-refractivity contribution in [1.82, 2.24) is 20.1 Å². The Balaban J connectivity index is 1.35. The zero-order valence-corrected chi connectivity index (χ0v) is 15.9. The molecule has 142 valence electrons. The highest BCUT2D eigenvalue weighted by Gasteiger charge is 2.23. The van der Waals surface area contributed by atoms with E-state index in [-0.39, 0.29) is 5.91 Å². The molecule has 3 heterocycles. The molecule has 8 heteroatoms. The molecule has 1 aliphatic heterocycles. The summed E-state index contributed by atoms with van der Waals surface area (Å²) in [6.45, 7) is 2.74. The number of benzene rings is 1. The van der Waals surface area contributed by atoms with Crippen molar-refractivity contribution >= 4 is 34.8 Å². The minimum atomic E-state index is -0.105. The van der Waals surface area contributed by atoms with E-state index in [9.17, 15) is 4.79 Å². The van der Waals surface area contributed by atoms with Crippen LogP contribution in [0.3, 0.4) is 0 Å². The Kier molecular flexibility index (Phi) is 5.34. The Hall–Kier alpha value is -3.19. The van der Waals surface area contributed by atoms with Gasteiger partial charge in [0.2, 0.25) is 0 Å². The Morgan fingerprint density at radius 2 is 1.71 bits per heavy atom. The van der Waals surface area contributed by atoms with Crippen molar-refractivity contribution < 1.29 is 4.79 Å². The molecule has 1 saturated heterocycles. The SMILES string of the molecule is O=C(c1ccc(Nc2ccc(Cl)cc2)nn1)N1CCN(c2ccccn2)CC1. The first-order chi connectivity index (χ1) is 13.7. The minimum absolute atomic E-state index is 0.105. The third-order valence-electron chi connectivity index (χ3n) is 4.54. The summed E-state index contributed by atoms with van der Waals surface area (Å²) in [4.78, 5) is 21.0. The fraction of sp³-hybridized carbons (Fsp3) is 0.200. The molecule has 0 saturated carbocycles. The molecule has 0 unspecified atom stereocenters. The van der Waals surface area contributed by atoms with E-state index < -0.39 is 0 Å². The van der Waals surface area contributed by atoms with Crippen LogP contribution in [0.1, 0.15) is 10.5 Å². The topological polar surface area (TPSA) is 74.2 Å². The number of amides is 1. The molecule has 28 heavy (non-hydrogen) atoms. The van der Waals surface area contributed by atoms with E-state index in [0.717, 1.165) is 24.6 Å². The summed E-state index contributed by atoms with van der Waals surface area (Å²) >= 11 is 5.88. The van der Waals surface area contributed by atoms with Crippen molar-refractivity contribution in [3.05, 3.63) is 71.5 Å². The van der Waals surface area contributed by atoms with E-state index in [4.69, 9.17) is 11.6 Å². The third kappa shape index (κ3) is 4.20. The van der Waals surface area contributed by atoms with E-state index in [2.05, 4.69) is 25.4 Å². The monoisotopic (exact) mass is 394 g/mol. The van der Waals surface area contributed by atoms with E-state index in [1.54, 1.807) is 35.4 Å². The van der Waals surface area contributed by atoms with Gasteiger partial charge in [0.25, 0.3) is 5.91 Å². The molecule has 1 aromatic carbocycles. The van der Waals surface area contributed by atoms with Gasteiger partial charge < -0.3 is 15.1 Å². The summed E-state index contributed by atoms with van der Waals surface area (Å²) in [7, 11) is 0. The highest BCUT2D eigenvalue weighted by molar-refractivity contribution is 6.30. The fourth-order valence-electron chi connectivity index (χ4n) is 3.04. The number of piperazine rings is 1. The van der Waals surface area contributed by atoms with Crippen LogP contribution in [0.25, 0.3) is 0 Å². The van der Waals surface area contributed by atoms with Crippen molar-refractivity contribution in [2.45, 2.75) is 0 Å². The van der Waals surface area contributed by atoms with Crippen molar-refractivity contribution in [3.63, 3.8) is 0 Å². The van der Waals surface area contributed by atoms with Crippen LogP contribution in [0.5, 0.6) is 0 Å². The average molecular weight is 395 g/mol.